The Bertz CT molecular complexity index is 436. The van der Waals surface area contributed by atoms with Crippen molar-refractivity contribution in [2.45, 2.75) is 26.7 Å². The summed E-state index contributed by atoms with van der Waals surface area (Å²) in [6, 6.07) is 7.89. The van der Waals surface area contributed by atoms with E-state index in [1.807, 2.05) is 31.2 Å². The second-order valence-electron chi connectivity index (χ2n) is 5.92. The lowest BCUT2D eigenvalue weighted by Gasteiger charge is -2.31. The van der Waals surface area contributed by atoms with Crippen LogP contribution in [-0.4, -0.2) is 43.5 Å². The van der Waals surface area contributed by atoms with Gasteiger partial charge >= 0.3 is 0 Å². The molecule has 1 aromatic carbocycles. The van der Waals surface area contributed by atoms with Gasteiger partial charge in [-0.25, -0.2) is 0 Å². The zero-order valence-electron chi connectivity index (χ0n) is 13.2. The van der Waals surface area contributed by atoms with Crippen molar-refractivity contribution < 1.29 is 4.79 Å². The number of aryl methyl sites for hydroxylation is 1. The Kier molecular flexibility index (Phi) is 6.21. The quantitative estimate of drug-likeness (QED) is 0.844. The lowest BCUT2D eigenvalue weighted by Crippen LogP contribution is -2.38. The van der Waals surface area contributed by atoms with Crippen molar-refractivity contribution in [3.8, 4) is 0 Å². The Hall–Kier alpha value is -1.39. The van der Waals surface area contributed by atoms with Crippen molar-refractivity contribution in [2.75, 3.05) is 38.0 Å². The number of nitrogens with one attached hydrogen (secondary N) is 2. The monoisotopic (exact) mass is 289 g/mol. The molecule has 0 unspecified atom stereocenters. The number of carbonyl (C=O) groups excluding carboxylic acids is 1. The molecule has 2 N–H and O–H groups in total. The van der Waals surface area contributed by atoms with Gasteiger partial charge in [0.15, 0.2) is 0 Å². The van der Waals surface area contributed by atoms with E-state index in [2.05, 4.69) is 22.5 Å². The molecule has 0 radical (unpaired) electrons. The van der Waals surface area contributed by atoms with Crippen LogP contribution >= 0.6 is 0 Å². The molecule has 1 aliphatic rings. The van der Waals surface area contributed by atoms with Crippen LogP contribution in [0, 0.1) is 12.8 Å². The number of benzene rings is 1. The Labute approximate surface area is 127 Å². The summed E-state index contributed by atoms with van der Waals surface area (Å²) in [6.45, 7) is 9.13. The summed E-state index contributed by atoms with van der Waals surface area (Å²) in [4.78, 5) is 14.3. The first-order chi connectivity index (χ1) is 10.2. The third-order valence-corrected chi connectivity index (χ3v) is 4.21. The molecular weight excluding hydrogens is 262 g/mol. The van der Waals surface area contributed by atoms with Crippen LogP contribution in [0.3, 0.4) is 0 Å². The van der Waals surface area contributed by atoms with Crippen molar-refractivity contribution in [3.63, 3.8) is 0 Å². The number of carbonyl (C=O) groups is 1. The van der Waals surface area contributed by atoms with Gasteiger partial charge in [0.25, 0.3) is 0 Å². The molecule has 2 rings (SSSR count). The van der Waals surface area contributed by atoms with Gasteiger partial charge in [0, 0.05) is 5.69 Å². The Balaban J connectivity index is 1.62. The molecule has 1 saturated heterocycles. The Morgan fingerprint density at radius 2 is 1.90 bits per heavy atom. The fourth-order valence-electron chi connectivity index (χ4n) is 2.74. The van der Waals surface area contributed by atoms with E-state index in [1.165, 1.54) is 31.5 Å². The number of hydrogen-bond donors (Lipinski definition) is 2. The summed E-state index contributed by atoms with van der Waals surface area (Å²) in [5.41, 5.74) is 2.06. The topological polar surface area (TPSA) is 44.4 Å². The highest BCUT2D eigenvalue weighted by Gasteiger charge is 2.17. The fraction of sp³-hybridized carbons (Fsp3) is 0.588. The van der Waals surface area contributed by atoms with E-state index >= 15 is 0 Å². The third kappa shape index (κ3) is 5.48. The van der Waals surface area contributed by atoms with E-state index in [0.29, 0.717) is 12.5 Å². The van der Waals surface area contributed by atoms with Crippen LogP contribution in [-0.2, 0) is 4.79 Å². The van der Waals surface area contributed by atoms with Gasteiger partial charge in [0.2, 0.25) is 5.91 Å². The van der Waals surface area contributed by atoms with Gasteiger partial charge in [-0.2, -0.15) is 0 Å². The molecule has 1 amide bonds. The summed E-state index contributed by atoms with van der Waals surface area (Å²) in [5, 5.41) is 6.20. The van der Waals surface area contributed by atoms with Crippen molar-refractivity contribution in [1.82, 2.24) is 10.2 Å². The average Bonchev–Trinajstić information content (AvgIpc) is 2.50. The van der Waals surface area contributed by atoms with E-state index in [9.17, 15) is 4.79 Å². The number of piperidine rings is 1. The van der Waals surface area contributed by atoms with Crippen molar-refractivity contribution in [3.05, 3.63) is 29.8 Å². The Morgan fingerprint density at radius 3 is 2.52 bits per heavy atom. The predicted octanol–water partition coefficient (Wildman–Crippen LogP) is 2.26. The second kappa shape index (κ2) is 8.15. The van der Waals surface area contributed by atoms with Gasteiger partial charge in [-0.15, -0.1) is 0 Å². The standard InChI is InChI=1S/C17H27N3O/c1-3-20-10-8-15(9-11-20)12-18-13-17(21)19-16-6-4-14(2)5-7-16/h4-7,15,18H,3,8-13H2,1-2H3,(H,19,21). The van der Waals surface area contributed by atoms with E-state index in [-0.39, 0.29) is 5.91 Å². The molecule has 1 heterocycles. The molecule has 4 heteroatoms. The van der Waals surface area contributed by atoms with Crippen LogP contribution in [0.4, 0.5) is 5.69 Å². The molecule has 1 aromatic rings. The maximum atomic E-state index is 11.9. The highest BCUT2D eigenvalue weighted by atomic mass is 16.1. The second-order valence-corrected chi connectivity index (χ2v) is 5.92. The summed E-state index contributed by atoms with van der Waals surface area (Å²) >= 11 is 0. The van der Waals surface area contributed by atoms with Crippen molar-refractivity contribution in [1.29, 1.82) is 0 Å². The average molecular weight is 289 g/mol. The lowest BCUT2D eigenvalue weighted by atomic mass is 9.97. The van der Waals surface area contributed by atoms with Crippen LogP contribution < -0.4 is 10.6 Å². The largest absolute Gasteiger partial charge is 0.325 e. The number of anilines is 1. The Morgan fingerprint density at radius 1 is 1.24 bits per heavy atom. The minimum atomic E-state index is 0.0323. The summed E-state index contributed by atoms with van der Waals surface area (Å²) in [6.07, 6.45) is 2.47. The number of nitrogens with zero attached hydrogens (tertiary/aromatic N) is 1. The van der Waals surface area contributed by atoms with Crippen molar-refractivity contribution >= 4 is 11.6 Å². The van der Waals surface area contributed by atoms with Crippen LogP contribution in [0.25, 0.3) is 0 Å². The van der Waals surface area contributed by atoms with E-state index in [4.69, 9.17) is 0 Å². The summed E-state index contributed by atoms with van der Waals surface area (Å²) in [7, 11) is 0. The molecule has 0 saturated carbocycles. The van der Waals surface area contributed by atoms with Crippen LogP contribution in [0.15, 0.2) is 24.3 Å². The minimum absolute atomic E-state index is 0.0323. The van der Waals surface area contributed by atoms with Gasteiger partial charge in [0.05, 0.1) is 6.54 Å². The highest BCUT2D eigenvalue weighted by Crippen LogP contribution is 2.15. The number of amides is 1. The van der Waals surface area contributed by atoms with Gasteiger partial charge in [-0.3, -0.25) is 4.79 Å². The van der Waals surface area contributed by atoms with Gasteiger partial charge in [-0.1, -0.05) is 24.6 Å². The molecular formula is C17H27N3O. The maximum Gasteiger partial charge on any atom is 0.238 e. The van der Waals surface area contributed by atoms with E-state index in [1.54, 1.807) is 0 Å². The molecule has 4 nitrogen and oxygen atoms in total. The molecule has 0 spiro atoms. The molecule has 0 atom stereocenters. The highest BCUT2D eigenvalue weighted by molar-refractivity contribution is 5.92. The fourth-order valence-corrected chi connectivity index (χ4v) is 2.74. The van der Waals surface area contributed by atoms with Crippen LogP contribution in [0.1, 0.15) is 25.3 Å². The van der Waals surface area contributed by atoms with Gasteiger partial charge < -0.3 is 15.5 Å². The number of hydrogen-bond acceptors (Lipinski definition) is 3. The maximum absolute atomic E-state index is 11.9. The summed E-state index contributed by atoms with van der Waals surface area (Å²) < 4.78 is 0. The van der Waals surface area contributed by atoms with Crippen LogP contribution in [0.5, 0.6) is 0 Å². The molecule has 0 bridgehead atoms. The third-order valence-electron chi connectivity index (χ3n) is 4.21. The molecule has 1 fully saturated rings. The molecule has 21 heavy (non-hydrogen) atoms. The first-order valence-corrected chi connectivity index (χ1v) is 7.97. The lowest BCUT2D eigenvalue weighted by molar-refractivity contribution is -0.115. The predicted molar refractivity (Wildman–Crippen MR) is 87.5 cm³/mol. The number of rotatable bonds is 6. The first kappa shape index (κ1) is 16.0. The normalized spacial score (nSPS) is 16.9. The zero-order valence-corrected chi connectivity index (χ0v) is 13.2. The van der Waals surface area contributed by atoms with E-state index in [0.717, 1.165) is 18.8 Å². The van der Waals surface area contributed by atoms with Crippen molar-refractivity contribution in [2.24, 2.45) is 5.92 Å². The zero-order chi connectivity index (χ0) is 15.1. The van der Waals surface area contributed by atoms with Crippen LogP contribution in [0.2, 0.25) is 0 Å². The molecule has 0 aliphatic carbocycles. The minimum Gasteiger partial charge on any atom is -0.325 e. The first-order valence-electron chi connectivity index (χ1n) is 7.97. The smallest absolute Gasteiger partial charge is 0.238 e. The van der Waals surface area contributed by atoms with Gasteiger partial charge in [0.1, 0.15) is 0 Å². The molecule has 0 aromatic heterocycles. The summed E-state index contributed by atoms with van der Waals surface area (Å²) in [5.74, 6) is 0.741. The molecule has 116 valence electrons. The number of likely N-dealkylation sites (tertiary alicyclic amines) is 1. The SMILES string of the molecule is CCN1CCC(CNCC(=O)Nc2ccc(C)cc2)CC1. The van der Waals surface area contributed by atoms with Gasteiger partial charge in [-0.05, 0) is 64.0 Å². The molecule has 1 aliphatic heterocycles. The van der Waals surface area contributed by atoms with E-state index < -0.39 is 0 Å².